The molecular weight excluding hydrogens is 250 g/mol. The number of benzene rings is 1. The van der Waals surface area contributed by atoms with E-state index >= 15 is 0 Å². The first kappa shape index (κ1) is 15.3. The summed E-state index contributed by atoms with van der Waals surface area (Å²) in [4.78, 5) is 0. The Morgan fingerprint density at radius 1 is 1.25 bits per heavy atom. The third-order valence-electron chi connectivity index (χ3n) is 3.91. The fourth-order valence-electron chi connectivity index (χ4n) is 2.88. The standard InChI is InChI=1S/C17H27NO2/c1-4-10-18-17-15-8-7-14(19-3)12-13(15)6-9-16(17)20-11-5-2/h7-8,12,16-18H,4-6,9-11H2,1-3H3. The molecule has 1 aromatic carbocycles. The Kier molecular flexibility index (Phi) is 5.86. The Morgan fingerprint density at radius 2 is 2.10 bits per heavy atom. The minimum atomic E-state index is 0.294. The van der Waals surface area contributed by atoms with Crippen molar-refractivity contribution in [3.8, 4) is 5.75 Å². The Balaban J connectivity index is 2.19. The molecule has 2 rings (SSSR count). The molecule has 0 heterocycles. The highest BCUT2D eigenvalue weighted by Gasteiger charge is 2.29. The molecule has 0 bridgehead atoms. The van der Waals surface area contributed by atoms with Crippen LogP contribution >= 0.6 is 0 Å². The SMILES string of the molecule is CCCNC1c2ccc(OC)cc2CCC1OCCC. The van der Waals surface area contributed by atoms with E-state index in [1.165, 1.54) is 11.1 Å². The molecule has 1 aromatic rings. The van der Waals surface area contributed by atoms with E-state index in [9.17, 15) is 0 Å². The predicted molar refractivity (Wildman–Crippen MR) is 82.4 cm³/mol. The van der Waals surface area contributed by atoms with Crippen LogP contribution in [0.4, 0.5) is 0 Å². The summed E-state index contributed by atoms with van der Waals surface area (Å²) >= 11 is 0. The van der Waals surface area contributed by atoms with Crippen molar-refractivity contribution in [3.63, 3.8) is 0 Å². The number of hydrogen-bond donors (Lipinski definition) is 1. The lowest BCUT2D eigenvalue weighted by atomic mass is 9.85. The average Bonchev–Trinajstić information content (AvgIpc) is 2.50. The van der Waals surface area contributed by atoms with Crippen molar-refractivity contribution in [2.45, 2.75) is 51.7 Å². The molecule has 0 amide bonds. The molecule has 0 fully saturated rings. The van der Waals surface area contributed by atoms with E-state index in [2.05, 4.69) is 37.4 Å². The van der Waals surface area contributed by atoms with Gasteiger partial charge in [0.2, 0.25) is 0 Å². The lowest BCUT2D eigenvalue weighted by molar-refractivity contribution is 0.0160. The van der Waals surface area contributed by atoms with Gasteiger partial charge in [-0.3, -0.25) is 0 Å². The zero-order valence-electron chi connectivity index (χ0n) is 12.9. The maximum Gasteiger partial charge on any atom is 0.119 e. The van der Waals surface area contributed by atoms with Gasteiger partial charge in [-0.2, -0.15) is 0 Å². The molecule has 0 saturated heterocycles. The minimum Gasteiger partial charge on any atom is -0.497 e. The molecule has 20 heavy (non-hydrogen) atoms. The van der Waals surface area contributed by atoms with Crippen molar-refractivity contribution >= 4 is 0 Å². The summed E-state index contributed by atoms with van der Waals surface area (Å²) in [6.07, 6.45) is 4.67. The van der Waals surface area contributed by atoms with Gasteiger partial charge in [0.25, 0.3) is 0 Å². The largest absolute Gasteiger partial charge is 0.497 e. The van der Waals surface area contributed by atoms with E-state index in [0.717, 1.165) is 44.6 Å². The van der Waals surface area contributed by atoms with Crippen LogP contribution in [0.15, 0.2) is 18.2 Å². The molecule has 3 nitrogen and oxygen atoms in total. The predicted octanol–water partition coefficient (Wildman–Crippen LogP) is 3.48. The van der Waals surface area contributed by atoms with Crippen LogP contribution in [0.1, 0.15) is 50.3 Å². The van der Waals surface area contributed by atoms with Crippen molar-refractivity contribution in [1.29, 1.82) is 0 Å². The smallest absolute Gasteiger partial charge is 0.119 e. The van der Waals surface area contributed by atoms with Gasteiger partial charge in [0.1, 0.15) is 5.75 Å². The summed E-state index contributed by atoms with van der Waals surface area (Å²) in [6.45, 7) is 6.24. The summed E-state index contributed by atoms with van der Waals surface area (Å²) in [5.74, 6) is 0.950. The highest BCUT2D eigenvalue weighted by molar-refractivity contribution is 5.40. The van der Waals surface area contributed by atoms with Gasteiger partial charge in [-0.25, -0.2) is 0 Å². The van der Waals surface area contributed by atoms with Crippen LogP contribution in [-0.4, -0.2) is 26.4 Å². The number of fused-ring (bicyclic) bond motifs is 1. The molecule has 0 aromatic heterocycles. The van der Waals surface area contributed by atoms with Gasteiger partial charge in [-0.15, -0.1) is 0 Å². The molecule has 2 unspecified atom stereocenters. The summed E-state index contributed by atoms with van der Waals surface area (Å²) < 4.78 is 11.4. The van der Waals surface area contributed by atoms with E-state index in [-0.39, 0.29) is 0 Å². The molecule has 0 radical (unpaired) electrons. The third-order valence-corrected chi connectivity index (χ3v) is 3.91. The number of hydrogen-bond acceptors (Lipinski definition) is 3. The zero-order chi connectivity index (χ0) is 14.4. The van der Waals surface area contributed by atoms with E-state index in [1.54, 1.807) is 7.11 Å². The minimum absolute atomic E-state index is 0.294. The first-order valence-electron chi connectivity index (χ1n) is 7.82. The summed E-state index contributed by atoms with van der Waals surface area (Å²) in [5, 5.41) is 3.66. The van der Waals surface area contributed by atoms with Crippen molar-refractivity contribution in [2.75, 3.05) is 20.3 Å². The van der Waals surface area contributed by atoms with Crippen LogP contribution in [0.2, 0.25) is 0 Å². The number of rotatable bonds is 7. The maximum atomic E-state index is 6.06. The van der Waals surface area contributed by atoms with Gasteiger partial charge in [0, 0.05) is 6.61 Å². The molecule has 2 atom stereocenters. The van der Waals surface area contributed by atoms with Crippen molar-refractivity contribution in [3.05, 3.63) is 29.3 Å². The van der Waals surface area contributed by atoms with Gasteiger partial charge in [-0.1, -0.05) is 19.9 Å². The zero-order valence-corrected chi connectivity index (χ0v) is 12.9. The van der Waals surface area contributed by atoms with Crippen LogP contribution in [0, 0.1) is 0 Å². The van der Waals surface area contributed by atoms with Gasteiger partial charge < -0.3 is 14.8 Å². The molecule has 0 aliphatic heterocycles. The number of nitrogens with one attached hydrogen (secondary N) is 1. The Labute approximate surface area is 122 Å². The van der Waals surface area contributed by atoms with Gasteiger partial charge >= 0.3 is 0 Å². The molecule has 112 valence electrons. The number of aryl methyl sites for hydroxylation is 1. The van der Waals surface area contributed by atoms with Gasteiger partial charge in [-0.05, 0) is 55.5 Å². The molecule has 1 aliphatic carbocycles. The van der Waals surface area contributed by atoms with Gasteiger partial charge in [0.05, 0.1) is 19.3 Å². The van der Waals surface area contributed by atoms with E-state index in [1.807, 2.05) is 0 Å². The second kappa shape index (κ2) is 7.65. The summed E-state index contributed by atoms with van der Waals surface area (Å²) in [5.41, 5.74) is 2.78. The fraction of sp³-hybridized carbons (Fsp3) is 0.647. The molecule has 0 spiro atoms. The Bertz CT molecular complexity index is 419. The van der Waals surface area contributed by atoms with E-state index in [4.69, 9.17) is 9.47 Å². The van der Waals surface area contributed by atoms with Crippen LogP contribution < -0.4 is 10.1 Å². The third kappa shape index (κ3) is 3.53. The van der Waals surface area contributed by atoms with E-state index < -0.39 is 0 Å². The van der Waals surface area contributed by atoms with Crippen LogP contribution in [0.3, 0.4) is 0 Å². The normalized spacial score (nSPS) is 21.6. The fourth-order valence-corrected chi connectivity index (χ4v) is 2.88. The van der Waals surface area contributed by atoms with Crippen LogP contribution in [0.5, 0.6) is 5.75 Å². The Hall–Kier alpha value is -1.06. The topological polar surface area (TPSA) is 30.5 Å². The van der Waals surface area contributed by atoms with E-state index in [0.29, 0.717) is 12.1 Å². The maximum absolute atomic E-state index is 6.06. The van der Waals surface area contributed by atoms with Crippen LogP contribution in [-0.2, 0) is 11.2 Å². The van der Waals surface area contributed by atoms with Gasteiger partial charge in [0.15, 0.2) is 0 Å². The summed E-state index contributed by atoms with van der Waals surface area (Å²) in [7, 11) is 1.73. The molecule has 0 saturated carbocycles. The molecule has 1 aliphatic rings. The number of methoxy groups -OCH3 is 1. The van der Waals surface area contributed by atoms with Crippen molar-refractivity contribution in [1.82, 2.24) is 5.32 Å². The van der Waals surface area contributed by atoms with Crippen molar-refractivity contribution in [2.24, 2.45) is 0 Å². The quantitative estimate of drug-likeness (QED) is 0.827. The second-order valence-electron chi connectivity index (χ2n) is 5.44. The molecule has 3 heteroatoms. The highest BCUT2D eigenvalue weighted by atomic mass is 16.5. The number of ether oxygens (including phenoxy) is 2. The Morgan fingerprint density at radius 3 is 2.80 bits per heavy atom. The van der Waals surface area contributed by atoms with Crippen molar-refractivity contribution < 1.29 is 9.47 Å². The molecular formula is C17H27NO2. The first-order chi connectivity index (χ1) is 9.80. The molecule has 1 N–H and O–H groups in total. The lowest BCUT2D eigenvalue weighted by Gasteiger charge is -2.34. The lowest BCUT2D eigenvalue weighted by Crippen LogP contribution is -2.38. The average molecular weight is 277 g/mol. The summed E-state index contributed by atoms with van der Waals surface area (Å²) in [6, 6.07) is 6.74. The van der Waals surface area contributed by atoms with Crippen LogP contribution in [0.25, 0.3) is 0 Å². The monoisotopic (exact) mass is 277 g/mol. The highest BCUT2D eigenvalue weighted by Crippen LogP contribution is 2.34. The first-order valence-corrected chi connectivity index (χ1v) is 7.82. The second-order valence-corrected chi connectivity index (χ2v) is 5.44.